The Morgan fingerprint density at radius 3 is 2.56 bits per heavy atom. The summed E-state index contributed by atoms with van der Waals surface area (Å²) in [5.74, 6) is -0.336. The van der Waals surface area contributed by atoms with Crippen LogP contribution in [0.5, 0.6) is 0 Å². The van der Waals surface area contributed by atoms with E-state index in [-0.39, 0.29) is 12.3 Å². The molecule has 0 heterocycles. The molecular formula is C5H7NO3. The molecule has 0 unspecified atom stereocenters. The molecule has 0 rings (SSSR count). The van der Waals surface area contributed by atoms with Crippen LogP contribution in [0.2, 0.25) is 0 Å². The Morgan fingerprint density at radius 2 is 2.22 bits per heavy atom. The first kappa shape index (κ1) is 7.68. The van der Waals surface area contributed by atoms with Gasteiger partial charge >= 0.3 is 6.09 Å². The minimum absolute atomic E-state index is 0.196. The molecule has 0 fully saturated rings. The molecule has 0 aromatic heterocycles. The second kappa shape index (κ2) is 3.65. The maximum Gasteiger partial charge on any atom is 0.405 e. The van der Waals surface area contributed by atoms with Crippen molar-refractivity contribution in [3.05, 3.63) is 12.7 Å². The lowest BCUT2D eigenvalue weighted by atomic mass is 10.4. The monoisotopic (exact) mass is 129 g/mol. The first-order chi connectivity index (χ1) is 4.16. The number of carbonyl (C=O) groups is 2. The van der Waals surface area contributed by atoms with Crippen LogP contribution < -0.4 is 5.32 Å². The highest BCUT2D eigenvalue weighted by atomic mass is 16.4. The Balaban J connectivity index is 3.39. The lowest BCUT2D eigenvalue weighted by molar-refractivity contribution is -0.113. The summed E-state index contributed by atoms with van der Waals surface area (Å²) >= 11 is 0. The highest BCUT2D eigenvalue weighted by molar-refractivity contribution is 5.92. The van der Waals surface area contributed by atoms with E-state index in [1.807, 2.05) is 5.32 Å². The van der Waals surface area contributed by atoms with Crippen molar-refractivity contribution in [1.29, 1.82) is 0 Å². The van der Waals surface area contributed by atoms with Gasteiger partial charge in [-0.2, -0.15) is 0 Å². The van der Waals surface area contributed by atoms with E-state index in [1.165, 1.54) is 0 Å². The van der Waals surface area contributed by atoms with E-state index in [9.17, 15) is 9.59 Å². The number of carboxylic acid groups (broad SMARTS) is 1. The van der Waals surface area contributed by atoms with Crippen LogP contribution in [0.3, 0.4) is 0 Å². The van der Waals surface area contributed by atoms with Gasteiger partial charge in [0.25, 0.3) is 0 Å². The van der Waals surface area contributed by atoms with Gasteiger partial charge in [0.05, 0.1) is 6.54 Å². The van der Waals surface area contributed by atoms with E-state index < -0.39 is 6.09 Å². The van der Waals surface area contributed by atoms with Gasteiger partial charge in [-0.3, -0.25) is 4.79 Å². The third kappa shape index (κ3) is 4.53. The zero-order chi connectivity index (χ0) is 7.28. The maximum absolute atomic E-state index is 10.3. The van der Waals surface area contributed by atoms with Crippen LogP contribution in [0.25, 0.3) is 0 Å². The first-order valence-electron chi connectivity index (χ1n) is 2.29. The summed E-state index contributed by atoms with van der Waals surface area (Å²) in [6.45, 7) is 2.96. The molecule has 0 radical (unpaired) electrons. The number of hydrogen-bond acceptors (Lipinski definition) is 2. The van der Waals surface area contributed by atoms with Gasteiger partial charge in [-0.15, -0.1) is 0 Å². The van der Waals surface area contributed by atoms with E-state index in [2.05, 4.69) is 6.58 Å². The van der Waals surface area contributed by atoms with Crippen LogP contribution in [0, 0.1) is 0 Å². The summed E-state index contributed by atoms with van der Waals surface area (Å²) in [6, 6.07) is 0. The Bertz CT molecular complexity index is 141. The van der Waals surface area contributed by atoms with Crippen LogP contribution in [-0.2, 0) is 4.79 Å². The summed E-state index contributed by atoms with van der Waals surface area (Å²) in [5.41, 5.74) is 0. The Labute approximate surface area is 52.2 Å². The third-order valence-electron chi connectivity index (χ3n) is 0.642. The van der Waals surface area contributed by atoms with E-state index >= 15 is 0 Å². The fourth-order valence-electron chi connectivity index (χ4n) is 0.235. The Kier molecular flexibility index (Phi) is 3.12. The van der Waals surface area contributed by atoms with Crippen molar-refractivity contribution in [1.82, 2.24) is 5.32 Å². The first-order valence-corrected chi connectivity index (χ1v) is 2.29. The predicted octanol–water partition coefficient (Wildman–Crippen LogP) is 0.00910. The molecule has 0 saturated carbocycles. The minimum Gasteiger partial charge on any atom is -0.465 e. The van der Waals surface area contributed by atoms with Gasteiger partial charge in [0.1, 0.15) is 0 Å². The summed E-state index contributed by atoms with van der Waals surface area (Å²) in [5, 5.41) is 9.85. The van der Waals surface area contributed by atoms with Gasteiger partial charge in [-0.05, 0) is 6.08 Å². The molecule has 0 aliphatic rings. The van der Waals surface area contributed by atoms with Crippen LogP contribution >= 0.6 is 0 Å². The second-order valence-electron chi connectivity index (χ2n) is 1.33. The topological polar surface area (TPSA) is 66.4 Å². The Hall–Kier alpha value is -1.32. The molecule has 4 nitrogen and oxygen atoms in total. The molecule has 0 aliphatic heterocycles. The van der Waals surface area contributed by atoms with Crippen molar-refractivity contribution < 1.29 is 14.7 Å². The normalized spacial score (nSPS) is 8.00. The molecule has 4 heteroatoms. The molecule has 0 bridgehead atoms. The molecule has 0 atom stereocenters. The fraction of sp³-hybridized carbons (Fsp3) is 0.200. The number of amides is 1. The van der Waals surface area contributed by atoms with Crippen molar-refractivity contribution in [2.45, 2.75) is 0 Å². The maximum atomic E-state index is 10.3. The van der Waals surface area contributed by atoms with Crippen molar-refractivity contribution in [2.24, 2.45) is 0 Å². The summed E-state index contributed by atoms with van der Waals surface area (Å²) < 4.78 is 0. The summed E-state index contributed by atoms with van der Waals surface area (Å²) in [7, 11) is 0. The van der Waals surface area contributed by atoms with Gasteiger partial charge in [0.15, 0.2) is 5.78 Å². The third-order valence-corrected chi connectivity index (χ3v) is 0.642. The molecule has 2 N–H and O–H groups in total. The molecule has 0 saturated heterocycles. The van der Waals surface area contributed by atoms with Crippen molar-refractivity contribution in [3.63, 3.8) is 0 Å². The molecule has 0 aromatic carbocycles. The molecule has 9 heavy (non-hydrogen) atoms. The molecule has 0 spiro atoms. The van der Waals surface area contributed by atoms with Gasteiger partial charge < -0.3 is 10.4 Å². The van der Waals surface area contributed by atoms with E-state index in [0.29, 0.717) is 0 Å². The quantitative estimate of drug-likeness (QED) is 0.527. The second-order valence-corrected chi connectivity index (χ2v) is 1.33. The highest BCUT2D eigenvalue weighted by Crippen LogP contribution is 1.68. The van der Waals surface area contributed by atoms with Gasteiger partial charge in [0, 0.05) is 0 Å². The number of rotatable bonds is 3. The van der Waals surface area contributed by atoms with Gasteiger partial charge in [-0.25, -0.2) is 4.79 Å². The molecular weight excluding hydrogens is 122 g/mol. The Morgan fingerprint density at radius 1 is 1.67 bits per heavy atom. The molecule has 0 aliphatic carbocycles. The number of hydrogen-bond donors (Lipinski definition) is 2. The van der Waals surface area contributed by atoms with Gasteiger partial charge in [-0.1, -0.05) is 6.58 Å². The summed E-state index contributed by atoms with van der Waals surface area (Å²) in [6.07, 6.45) is -0.138. The minimum atomic E-state index is -1.20. The highest BCUT2D eigenvalue weighted by Gasteiger charge is 1.96. The average Bonchev–Trinajstić information content (AvgIpc) is 1.83. The fourth-order valence-corrected chi connectivity index (χ4v) is 0.235. The SMILES string of the molecule is C=CC(=O)CNC(=O)O. The van der Waals surface area contributed by atoms with Crippen LogP contribution in [0.4, 0.5) is 4.79 Å². The lowest BCUT2D eigenvalue weighted by Gasteiger charge is -1.92. The van der Waals surface area contributed by atoms with Crippen LogP contribution in [0.15, 0.2) is 12.7 Å². The smallest absolute Gasteiger partial charge is 0.405 e. The van der Waals surface area contributed by atoms with E-state index in [4.69, 9.17) is 5.11 Å². The van der Waals surface area contributed by atoms with E-state index in [1.54, 1.807) is 0 Å². The van der Waals surface area contributed by atoms with Crippen molar-refractivity contribution in [2.75, 3.05) is 6.54 Å². The number of ketones is 1. The van der Waals surface area contributed by atoms with Crippen molar-refractivity contribution >= 4 is 11.9 Å². The average molecular weight is 129 g/mol. The molecule has 1 amide bonds. The lowest BCUT2D eigenvalue weighted by Crippen LogP contribution is -2.26. The van der Waals surface area contributed by atoms with E-state index in [0.717, 1.165) is 6.08 Å². The molecule has 50 valence electrons. The number of nitrogens with one attached hydrogen (secondary N) is 1. The van der Waals surface area contributed by atoms with Crippen LogP contribution in [-0.4, -0.2) is 23.5 Å². The zero-order valence-electron chi connectivity index (χ0n) is 4.76. The standard InChI is InChI=1S/C5H7NO3/c1-2-4(7)3-6-5(8)9/h2,6H,1,3H2,(H,8,9). The predicted molar refractivity (Wildman–Crippen MR) is 31.2 cm³/mol. The summed E-state index contributed by atoms with van der Waals surface area (Å²) in [4.78, 5) is 20.0. The van der Waals surface area contributed by atoms with Crippen LogP contribution in [0.1, 0.15) is 0 Å². The largest absolute Gasteiger partial charge is 0.465 e. The number of carbonyl (C=O) groups excluding carboxylic acids is 1. The van der Waals surface area contributed by atoms with Crippen molar-refractivity contribution in [3.8, 4) is 0 Å². The zero-order valence-corrected chi connectivity index (χ0v) is 4.76. The van der Waals surface area contributed by atoms with Gasteiger partial charge in [0.2, 0.25) is 0 Å². The molecule has 0 aromatic rings.